The van der Waals surface area contributed by atoms with Crippen LogP contribution >= 0.6 is 0 Å². The van der Waals surface area contributed by atoms with Crippen molar-refractivity contribution in [2.75, 3.05) is 0 Å². The van der Waals surface area contributed by atoms with E-state index in [1.54, 1.807) is 36.7 Å². The number of phenols is 2. The van der Waals surface area contributed by atoms with Crippen molar-refractivity contribution < 1.29 is 30.0 Å². The number of carbonyl (C=O) groups is 2. The van der Waals surface area contributed by atoms with Crippen molar-refractivity contribution in [1.82, 2.24) is 0 Å². The fourth-order valence-electron chi connectivity index (χ4n) is 6.19. The van der Waals surface area contributed by atoms with Crippen LogP contribution in [0.15, 0.2) is 82.8 Å². The molecule has 286 valence electrons. The molecule has 0 radical (unpaired) electrons. The van der Waals surface area contributed by atoms with Crippen molar-refractivity contribution in [3.63, 3.8) is 0 Å². The van der Waals surface area contributed by atoms with E-state index in [1.807, 2.05) is 65.8 Å². The third-order valence-electron chi connectivity index (χ3n) is 9.67. The van der Waals surface area contributed by atoms with Crippen LogP contribution in [0.2, 0.25) is 0 Å². The van der Waals surface area contributed by atoms with Crippen molar-refractivity contribution in [3.05, 3.63) is 128 Å². The third-order valence-corrected chi connectivity index (χ3v) is 9.67. The highest BCUT2D eigenvalue weighted by molar-refractivity contribution is 5.89. The molecule has 0 aliphatic heterocycles. The molecule has 4 aromatic rings. The zero-order valence-corrected chi connectivity index (χ0v) is 33.7. The molecular formula is C46H56N2O6. The van der Waals surface area contributed by atoms with Crippen molar-refractivity contribution in [2.45, 2.75) is 117 Å². The Bertz CT molecular complexity index is 1910. The molecule has 54 heavy (non-hydrogen) atoms. The molecule has 8 heteroatoms. The summed E-state index contributed by atoms with van der Waals surface area (Å²) in [6.07, 6.45) is 3.28. The topological polar surface area (TPSA) is 140 Å². The second-order valence-electron chi connectivity index (χ2n) is 18.2. The lowest BCUT2D eigenvalue weighted by Gasteiger charge is -2.27. The SMILES string of the molecule is CC(C)(C)c1cc(C=N[C@@H](c2ccc(C(=O)O)cc2)[C@@H](N=Cc2cc(C(C)(C)C)cc(C(C)(C)C)c2O)c2ccc(C(=O)O)cc2)c(O)c(C(C)(C)C)c1. The zero-order chi connectivity index (χ0) is 40.6. The highest BCUT2D eigenvalue weighted by atomic mass is 16.4. The van der Waals surface area contributed by atoms with E-state index in [-0.39, 0.29) is 44.3 Å². The Hall–Kier alpha value is -5.24. The Balaban J connectivity index is 2.04. The Morgan fingerprint density at radius 1 is 0.500 bits per heavy atom. The molecule has 4 N–H and O–H groups in total. The summed E-state index contributed by atoms with van der Waals surface area (Å²) >= 11 is 0. The minimum Gasteiger partial charge on any atom is -0.507 e. The first-order valence-corrected chi connectivity index (χ1v) is 18.3. The number of aliphatic imine (C=N–C) groups is 2. The average molecular weight is 733 g/mol. The molecule has 8 nitrogen and oxygen atoms in total. The summed E-state index contributed by atoms with van der Waals surface area (Å²) in [7, 11) is 0. The first-order valence-electron chi connectivity index (χ1n) is 18.3. The predicted octanol–water partition coefficient (Wildman–Crippen LogP) is 10.7. The average Bonchev–Trinajstić information content (AvgIpc) is 3.05. The van der Waals surface area contributed by atoms with E-state index in [9.17, 15) is 30.0 Å². The van der Waals surface area contributed by atoms with Gasteiger partial charge in [0.2, 0.25) is 0 Å². The molecule has 4 aromatic carbocycles. The van der Waals surface area contributed by atoms with Crippen LogP contribution in [0.3, 0.4) is 0 Å². The number of aromatic hydroxyl groups is 2. The molecule has 0 aromatic heterocycles. The fourth-order valence-corrected chi connectivity index (χ4v) is 6.19. The number of hydrogen-bond donors (Lipinski definition) is 4. The van der Waals surface area contributed by atoms with Crippen molar-refractivity contribution in [2.24, 2.45) is 9.98 Å². The molecule has 0 spiro atoms. The summed E-state index contributed by atoms with van der Waals surface area (Å²) in [6.45, 7) is 24.9. The lowest BCUT2D eigenvalue weighted by atomic mass is 9.79. The summed E-state index contributed by atoms with van der Waals surface area (Å²) in [5.74, 6) is -1.90. The standard InChI is InChI=1S/C46H56N2O6/c1-43(2,3)33-21-31(39(49)35(23-33)45(7,8)9)25-47-37(27-13-17-29(18-14-27)41(51)52)38(28-15-19-30(20-16-28)42(53)54)48-26-32-22-34(44(4,5)6)24-36(40(32)50)46(10,11)12/h13-26,37-38,49-50H,1-12H3,(H,51,52)(H,53,54)/t37-,38-/m0/s1. The maximum absolute atomic E-state index is 11.8. The van der Waals surface area contributed by atoms with E-state index in [4.69, 9.17) is 9.98 Å². The molecule has 0 saturated heterocycles. The summed E-state index contributed by atoms with van der Waals surface area (Å²) in [5, 5.41) is 42.6. The summed E-state index contributed by atoms with van der Waals surface area (Å²) in [5.41, 5.74) is 4.97. The van der Waals surface area contributed by atoms with Gasteiger partial charge in [0.25, 0.3) is 0 Å². The Morgan fingerprint density at radius 2 is 0.796 bits per heavy atom. The van der Waals surface area contributed by atoms with Gasteiger partial charge in [0.1, 0.15) is 23.6 Å². The number of aromatic carboxylic acids is 2. The lowest BCUT2D eigenvalue weighted by molar-refractivity contribution is 0.0686. The molecule has 0 saturated carbocycles. The second kappa shape index (κ2) is 15.2. The Labute approximate surface area is 320 Å². The lowest BCUT2D eigenvalue weighted by Crippen LogP contribution is -2.18. The van der Waals surface area contributed by atoms with Crippen LogP contribution in [0.5, 0.6) is 11.5 Å². The highest BCUT2D eigenvalue weighted by Gasteiger charge is 2.29. The van der Waals surface area contributed by atoms with Gasteiger partial charge in [-0.05, 0) is 80.3 Å². The molecule has 0 aliphatic carbocycles. The molecule has 0 amide bonds. The number of hydrogen-bond acceptors (Lipinski definition) is 6. The minimum atomic E-state index is -1.07. The van der Waals surface area contributed by atoms with E-state index < -0.39 is 24.0 Å². The molecule has 0 aliphatic rings. The van der Waals surface area contributed by atoms with Crippen LogP contribution in [0.1, 0.15) is 160 Å². The number of carboxylic acid groups (broad SMARTS) is 2. The second-order valence-corrected chi connectivity index (χ2v) is 18.2. The Morgan fingerprint density at radius 3 is 1.04 bits per heavy atom. The molecular weight excluding hydrogens is 677 g/mol. The van der Waals surface area contributed by atoms with Crippen molar-refractivity contribution >= 4 is 24.4 Å². The van der Waals surface area contributed by atoms with E-state index in [0.717, 1.165) is 22.3 Å². The van der Waals surface area contributed by atoms with Gasteiger partial charge in [0, 0.05) is 34.7 Å². The number of rotatable bonds is 9. The quantitative estimate of drug-likeness (QED) is 0.126. The maximum Gasteiger partial charge on any atom is 0.335 e. The smallest absolute Gasteiger partial charge is 0.335 e. The van der Waals surface area contributed by atoms with Gasteiger partial charge in [0.05, 0.1) is 11.1 Å². The van der Waals surface area contributed by atoms with Gasteiger partial charge in [-0.2, -0.15) is 0 Å². The number of benzene rings is 4. The van der Waals surface area contributed by atoms with E-state index in [1.165, 1.54) is 24.3 Å². The first-order chi connectivity index (χ1) is 24.8. The van der Waals surface area contributed by atoms with Crippen LogP contribution in [-0.2, 0) is 21.7 Å². The Kier molecular flexibility index (Phi) is 11.7. The molecule has 2 atom stereocenters. The summed E-state index contributed by atoms with van der Waals surface area (Å²) < 4.78 is 0. The van der Waals surface area contributed by atoms with Gasteiger partial charge >= 0.3 is 11.9 Å². The van der Waals surface area contributed by atoms with E-state index in [2.05, 4.69) is 41.5 Å². The summed E-state index contributed by atoms with van der Waals surface area (Å²) in [4.78, 5) is 33.9. The van der Waals surface area contributed by atoms with Gasteiger partial charge in [-0.3, -0.25) is 9.98 Å². The summed E-state index contributed by atoms with van der Waals surface area (Å²) in [6, 6.07) is 19.2. The first kappa shape index (κ1) is 41.5. The molecule has 0 fully saturated rings. The fraction of sp³-hybridized carbons (Fsp3) is 0.391. The van der Waals surface area contributed by atoms with E-state index >= 15 is 0 Å². The monoisotopic (exact) mass is 732 g/mol. The van der Waals surface area contributed by atoms with Crippen molar-refractivity contribution in [1.29, 1.82) is 0 Å². The van der Waals surface area contributed by atoms with Crippen LogP contribution in [0.4, 0.5) is 0 Å². The van der Waals surface area contributed by atoms with Gasteiger partial charge in [-0.15, -0.1) is 0 Å². The van der Waals surface area contributed by atoms with Gasteiger partial charge in [-0.25, -0.2) is 9.59 Å². The van der Waals surface area contributed by atoms with Crippen LogP contribution in [0, 0.1) is 0 Å². The van der Waals surface area contributed by atoms with E-state index in [0.29, 0.717) is 22.3 Å². The van der Waals surface area contributed by atoms with Crippen molar-refractivity contribution in [3.8, 4) is 11.5 Å². The molecule has 4 rings (SSSR count). The third kappa shape index (κ3) is 9.64. The molecule has 0 unspecified atom stereocenters. The van der Waals surface area contributed by atoms with Gasteiger partial charge < -0.3 is 20.4 Å². The van der Waals surface area contributed by atoms with Gasteiger partial charge in [0.15, 0.2) is 0 Å². The molecule has 0 heterocycles. The van der Waals surface area contributed by atoms with Gasteiger partial charge in [-0.1, -0.05) is 119 Å². The van der Waals surface area contributed by atoms with Crippen LogP contribution in [0.25, 0.3) is 0 Å². The molecule has 0 bridgehead atoms. The normalized spacial score (nSPS) is 14.1. The number of carboxylic acids is 2. The maximum atomic E-state index is 11.8. The van der Waals surface area contributed by atoms with Crippen LogP contribution < -0.4 is 0 Å². The predicted molar refractivity (Wildman–Crippen MR) is 218 cm³/mol. The highest BCUT2D eigenvalue weighted by Crippen LogP contribution is 2.41. The minimum absolute atomic E-state index is 0.108. The largest absolute Gasteiger partial charge is 0.507 e. The number of nitrogens with zero attached hydrogens (tertiary/aromatic N) is 2. The zero-order valence-electron chi connectivity index (χ0n) is 33.7. The number of phenolic OH excluding ortho intramolecular Hbond substituents is 2. The van der Waals surface area contributed by atoms with Crippen LogP contribution in [-0.4, -0.2) is 44.8 Å².